The second kappa shape index (κ2) is 5.49. The van der Waals surface area contributed by atoms with Gasteiger partial charge in [0.15, 0.2) is 5.65 Å². The summed E-state index contributed by atoms with van der Waals surface area (Å²) in [5.41, 5.74) is 1.28. The van der Waals surface area contributed by atoms with E-state index in [1.54, 1.807) is 36.5 Å². The molecule has 0 aliphatic rings. The van der Waals surface area contributed by atoms with E-state index in [1.807, 2.05) is 6.07 Å². The smallest absolute Gasteiger partial charge is 0.274 e. The molecule has 2 N–H and O–H groups in total. The Bertz CT molecular complexity index is 888. The molecule has 2 heterocycles. The first-order valence-corrected chi connectivity index (χ1v) is 6.94. The number of hydrogen-bond acceptors (Lipinski definition) is 4. The van der Waals surface area contributed by atoms with Crippen LogP contribution in [0.5, 0.6) is 0 Å². The quantitative estimate of drug-likeness (QED) is 0.700. The number of aliphatic hydroxyl groups excluding tert-OH is 1. The van der Waals surface area contributed by atoms with Crippen LogP contribution in [0.4, 0.5) is 0 Å². The van der Waals surface area contributed by atoms with Gasteiger partial charge in [-0.15, -0.1) is 0 Å². The lowest BCUT2D eigenvalue weighted by Crippen LogP contribution is -2.12. The van der Waals surface area contributed by atoms with E-state index in [-0.39, 0.29) is 17.0 Å². The average Bonchev–Trinajstić information content (AvgIpc) is 2.49. The molecule has 3 aromatic rings. The molecule has 5 nitrogen and oxygen atoms in total. The zero-order chi connectivity index (χ0) is 14.8. The topological polar surface area (TPSA) is 78.9 Å². The molecular weight excluding hydrogens is 334 g/mol. The van der Waals surface area contributed by atoms with Gasteiger partial charge in [-0.3, -0.25) is 4.79 Å². The molecule has 0 unspecified atom stereocenters. The Kier molecular flexibility index (Phi) is 3.53. The highest BCUT2D eigenvalue weighted by atomic mass is 79.9. The Hall–Kier alpha value is -2.47. The van der Waals surface area contributed by atoms with E-state index < -0.39 is 0 Å². The van der Waals surface area contributed by atoms with Crippen LogP contribution < -0.4 is 5.56 Å². The number of H-pyrrole nitrogens is 1. The lowest BCUT2D eigenvalue weighted by atomic mass is 10.1. The molecule has 0 atom stereocenters. The van der Waals surface area contributed by atoms with Crippen molar-refractivity contribution >= 4 is 38.9 Å². The predicted octanol–water partition coefficient (Wildman–Crippen LogP) is 3.14. The summed E-state index contributed by atoms with van der Waals surface area (Å²) < 4.78 is 0.753. The number of nitrogens with zero attached hydrogens (tertiary/aromatic N) is 2. The van der Waals surface area contributed by atoms with Gasteiger partial charge in [-0.1, -0.05) is 30.3 Å². The second-order valence-corrected chi connectivity index (χ2v) is 5.29. The molecular formula is C15H10BrN3O2. The van der Waals surface area contributed by atoms with Gasteiger partial charge in [0, 0.05) is 22.3 Å². The van der Waals surface area contributed by atoms with Crippen molar-refractivity contribution in [3.63, 3.8) is 0 Å². The number of fused-ring (bicyclic) bond motifs is 1. The molecule has 0 bridgehead atoms. The van der Waals surface area contributed by atoms with Crippen LogP contribution >= 0.6 is 15.9 Å². The minimum atomic E-state index is -0.384. The highest BCUT2D eigenvalue weighted by Crippen LogP contribution is 2.15. The van der Waals surface area contributed by atoms with Crippen molar-refractivity contribution < 1.29 is 5.11 Å². The minimum absolute atomic E-state index is 0.0231. The third-order valence-corrected chi connectivity index (χ3v) is 3.32. The predicted molar refractivity (Wildman–Crippen MR) is 84.8 cm³/mol. The summed E-state index contributed by atoms with van der Waals surface area (Å²) in [5.74, 6) is -0.0231. The normalized spacial score (nSPS) is 11.8. The maximum atomic E-state index is 12.0. The summed E-state index contributed by atoms with van der Waals surface area (Å²) in [4.78, 5) is 23.0. The van der Waals surface area contributed by atoms with Crippen LogP contribution in [0, 0.1) is 0 Å². The number of nitrogens with one attached hydrogen (secondary N) is 1. The Morgan fingerprint density at radius 2 is 2.05 bits per heavy atom. The van der Waals surface area contributed by atoms with Crippen LogP contribution in [-0.4, -0.2) is 20.1 Å². The van der Waals surface area contributed by atoms with Crippen molar-refractivity contribution in [3.8, 4) is 0 Å². The molecule has 0 aliphatic heterocycles. The highest BCUT2D eigenvalue weighted by molar-refractivity contribution is 9.10. The van der Waals surface area contributed by atoms with E-state index in [9.17, 15) is 9.90 Å². The number of halogens is 1. The Balaban J connectivity index is 2.11. The third kappa shape index (κ3) is 2.85. The van der Waals surface area contributed by atoms with E-state index in [0.717, 1.165) is 4.47 Å². The summed E-state index contributed by atoms with van der Waals surface area (Å²) >= 11 is 3.28. The van der Waals surface area contributed by atoms with Crippen molar-refractivity contribution in [3.05, 3.63) is 68.7 Å². The molecule has 0 amide bonds. The zero-order valence-corrected chi connectivity index (χ0v) is 12.3. The first-order valence-electron chi connectivity index (χ1n) is 6.15. The first kappa shape index (κ1) is 13.5. The zero-order valence-electron chi connectivity index (χ0n) is 10.7. The van der Waals surface area contributed by atoms with Gasteiger partial charge in [-0.2, -0.15) is 0 Å². The number of aliphatic hydroxyl groups is 1. The van der Waals surface area contributed by atoms with Crippen molar-refractivity contribution in [1.29, 1.82) is 0 Å². The number of pyridine rings is 1. The van der Waals surface area contributed by atoms with Crippen molar-refractivity contribution in [2.75, 3.05) is 0 Å². The Morgan fingerprint density at radius 1 is 1.29 bits per heavy atom. The maximum Gasteiger partial charge on any atom is 0.274 e. The lowest BCUT2D eigenvalue weighted by Gasteiger charge is -2.01. The van der Waals surface area contributed by atoms with E-state index in [1.165, 1.54) is 6.08 Å². The van der Waals surface area contributed by atoms with Crippen LogP contribution in [0.25, 0.3) is 23.0 Å². The number of hydrogen-bond donors (Lipinski definition) is 2. The molecule has 0 radical (unpaired) electrons. The fourth-order valence-corrected chi connectivity index (χ4v) is 2.22. The van der Waals surface area contributed by atoms with Crippen LogP contribution in [0.2, 0.25) is 0 Å². The van der Waals surface area contributed by atoms with Crippen molar-refractivity contribution in [2.45, 2.75) is 0 Å². The minimum Gasteiger partial charge on any atom is -0.507 e. The van der Waals surface area contributed by atoms with Crippen LogP contribution in [-0.2, 0) is 0 Å². The molecule has 0 aliphatic carbocycles. The Morgan fingerprint density at radius 3 is 2.81 bits per heavy atom. The molecule has 0 saturated heterocycles. The first-order chi connectivity index (χ1) is 10.1. The number of aromatic amines is 1. The van der Waals surface area contributed by atoms with Gasteiger partial charge in [-0.05, 0) is 22.0 Å². The van der Waals surface area contributed by atoms with Gasteiger partial charge in [0.25, 0.3) is 5.56 Å². The number of benzene rings is 1. The fraction of sp³-hybridized carbons (Fsp3) is 0. The molecule has 0 saturated carbocycles. The largest absolute Gasteiger partial charge is 0.507 e. The third-order valence-electron chi connectivity index (χ3n) is 2.88. The average molecular weight is 344 g/mol. The molecule has 0 spiro atoms. The molecule has 104 valence electrons. The molecule has 1 aromatic carbocycles. The monoisotopic (exact) mass is 343 g/mol. The number of rotatable bonds is 2. The Labute approximate surface area is 128 Å². The van der Waals surface area contributed by atoms with Gasteiger partial charge >= 0.3 is 0 Å². The number of aromatic nitrogens is 3. The van der Waals surface area contributed by atoms with Crippen LogP contribution in [0.15, 0.2) is 51.9 Å². The van der Waals surface area contributed by atoms with Crippen molar-refractivity contribution in [2.24, 2.45) is 0 Å². The standard InChI is InChI=1S/C15H10BrN3O2/c16-10-6-11-14(17-8-10)18-12(15(21)19-11)7-13(20)9-4-2-1-3-5-9/h1-8,20H,(H,19,21). The lowest BCUT2D eigenvalue weighted by molar-refractivity contribution is 0.515. The van der Waals surface area contributed by atoms with Crippen LogP contribution in [0.1, 0.15) is 11.3 Å². The molecule has 3 rings (SSSR count). The molecule has 0 fully saturated rings. The summed E-state index contributed by atoms with van der Waals surface area (Å²) in [6.07, 6.45) is 2.93. The summed E-state index contributed by atoms with van der Waals surface area (Å²) in [6, 6.07) is 10.7. The van der Waals surface area contributed by atoms with E-state index in [2.05, 4.69) is 30.9 Å². The summed E-state index contributed by atoms with van der Waals surface area (Å²) in [6.45, 7) is 0. The van der Waals surface area contributed by atoms with Gasteiger partial charge < -0.3 is 10.1 Å². The molecule has 6 heteroatoms. The molecule has 21 heavy (non-hydrogen) atoms. The summed E-state index contributed by atoms with van der Waals surface area (Å²) in [7, 11) is 0. The SMILES string of the molecule is O=c1[nH]c2cc(Br)cnc2nc1C=C(O)c1ccccc1. The van der Waals surface area contributed by atoms with E-state index in [4.69, 9.17) is 0 Å². The molecule has 2 aromatic heterocycles. The van der Waals surface area contributed by atoms with Gasteiger partial charge in [0.2, 0.25) is 0 Å². The second-order valence-electron chi connectivity index (χ2n) is 4.37. The van der Waals surface area contributed by atoms with Gasteiger partial charge in [-0.25, -0.2) is 9.97 Å². The highest BCUT2D eigenvalue weighted by Gasteiger charge is 2.06. The summed E-state index contributed by atoms with van der Waals surface area (Å²) in [5, 5.41) is 10.1. The van der Waals surface area contributed by atoms with Crippen molar-refractivity contribution in [1.82, 2.24) is 15.0 Å². The maximum absolute atomic E-state index is 12.0. The van der Waals surface area contributed by atoms with E-state index >= 15 is 0 Å². The van der Waals surface area contributed by atoms with Crippen LogP contribution in [0.3, 0.4) is 0 Å². The van der Waals surface area contributed by atoms with Gasteiger partial charge in [0.05, 0.1) is 5.52 Å². The fourth-order valence-electron chi connectivity index (χ4n) is 1.88. The van der Waals surface area contributed by atoms with Gasteiger partial charge in [0.1, 0.15) is 11.5 Å². The van der Waals surface area contributed by atoms with E-state index in [0.29, 0.717) is 16.7 Å².